The van der Waals surface area contributed by atoms with Crippen molar-refractivity contribution < 1.29 is 19.1 Å². The van der Waals surface area contributed by atoms with Crippen LogP contribution in [0.1, 0.15) is 21.5 Å². The lowest BCUT2D eigenvalue weighted by Crippen LogP contribution is -2.28. The first-order valence-electron chi connectivity index (χ1n) is 7.22. The number of esters is 1. The van der Waals surface area contributed by atoms with Gasteiger partial charge in [0.2, 0.25) is 0 Å². The maximum absolute atomic E-state index is 11.9. The molecule has 1 amide bonds. The van der Waals surface area contributed by atoms with Crippen LogP contribution in [0.25, 0.3) is 0 Å². The molecule has 0 aliphatic heterocycles. The number of hydrogen-bond acceptors (Lipinski definition) is 4. The van der Waals surface area contributed by atoms with E-state index in [1.54, 1.807) is 19.2 Å². The van der Waals surface area contributed by atoms with Gasteiger partial charge in [-0.2, -0.15) is 0 Å². The Morgan fingerprint density at radius 2 is 1.87 bits per heavy atom. The molecule has 0 bridgehead atoms. The van der Waals surface area contributed by atoms with Crippen molar-refractivity contribution in [2.75, 3.05) is 13.7 Å². The highest BCUT2D eigenvalue weighted by Gasteiger charge is 2.11. The number of amides is 1. The highest BCUT2D eigenvalue weighted by Crippen LogP contribution is 2.12. The fraction of sp³-hybridized carbons (Fsp3) is 0.222. The molecule has 0 aliphatic rings. The third-order valence-electron chi connectivity index (χ3n) is 3.32. The van der Waals surface area contributed by atoms with Gasteiger partial charge in [0.05, 0.1) is 12.7 Å². The van der Waals surface area contributed by atoms with Crippen molar-refractivity contribution in [3.8, 4) is 5.75 Å². The zero-order valence-corrected chi connectivity index (χ0v) is 13.2. The molecule has 120 valence electrons. The van der Waals surface area contributed by atoms with Gasteiger partial charge in [-0.1, -0.05) is 30.3 Å². The summed E-state index contributed by atoms with van der Waals surface area (Å²) in [6.45, 7) is 1.86. The number of aryl methyl sites for hydroxylation is 1. The summed E-state index contributed by atoms with van der Waals surface area (Å²) in [7, 11) is 1.59. The number of carbonyl (C=O) groups is 2. The minimum atomic E-state index is -0.500. The molecule has 0 saturated carbocycles. The van der Waals surface area contributed by atoms with Gasteiger partial charge in [0.1, 0.15) is 5.75 Å². The van der Waals surface area contributed by atoms with Crippen LogP contribution in [0.15, 0.2) is 48.5 Å². The second-order valence-corrected chi connectivity index (χ2v) is 5.02. The Labute approximate surface area is 135 Å². The summed E-state index contributed by atoms with van der Waals surface area (Å²) in [6.07, 6.45) is 0. The van der Waals surface area contributed by atoms with Crippen LogP contribution in [-0.2, 0) is 16.1 Å². The van der Waals surface area contributed by atoms with Crippen molar-refractivity contribution in [2.45, 2.75) is 13.5 Å². The third-order valence-corrected chi connectivity index (χ3v) is 3.32. The van der Waals surface area contributed by atoms with Gasteiger partial charge in [0, 0.05) is 6.54 Å². The molecule has 0 unspecified atom stereocenters. The van der Waals surface area contributed by atoms with Crippen molar-refractivity contribution >= 4 is 11.9 Å². The lowest BCUT2D eigenvalue weighted by Gasteiger charge is -2.08. The predicted octanol–water partition coefficient (Wildman–Crippen LogP) is 2.48. The number of ether oxygens (including phenoxy) is 2. The smallest absolute Gasteiger partial charge is 0.338 e. The maximum Gasteiger partial charge on any atom is 0.338 e. The van der Waals surface area contributed by atoms with Gasteiger partial charge < -0.3 is 14.8 Å². The first kappa shape index (κ1) is 16.5. The SMILES string of the molecule is COc1cccc(CNC(=O)COC(=O)c2ccccc2C)c1. The molecule has 1 N–H and O–H groups in total. The second kappa shape index (κ2) is 7.98. The maximum atomic E-state index is 11.9. The topological polar surface area (TPSA) is 64.6 Å². The number of hydrogen-bond donors (Lipinski definition) is 1. The summed E-state index contributed by atoms with van der Waals surface area (Å²) in [4.78, 5) is 23.7. The van der Waals surface area contributed by atoms with E-state index in [1.165, 1.54) is 0 Å². The molecule has 23 heavy (non-hydrogen) atoms. The number of benzene rings is 2. The van der Waals surface area contributed by atoms with Gasteiger partial charge in [-0.25, -0.2) is 4.79 Å². The zero-order chi connectivity index (χ0) is 16.7. The molecule has 2 rings (SSSR count). The summed E-state index contributed by atoms with van der Waals surface area (Å²) in [5.41, 5.74) is 2.19. The van der Waals surface area contributed by atoms with E-state index in [0.29, 0.717) is 12.1 Å². The zero-order valence-electron chi connectivity index (χ0n) is 13.2. The lowest BCUT2D eigenvalue weighted by atomic mass is 10.1. The van der Waals surface area contributed by atoms with Crippen LogP contribution in [0.3, 0.4) is 0 Å². The Morgan fingerprint density at radius 3 is 2.61 bits per heavy atom. The molecule has 5 nitrogen and oxygen atoms in total. The average Bonchev–Trinajstić information content (AvgIpc) is 2.58. The minimum absolute atomic E-state index is 0.308. The van der Waals surface area contributed by atoms with Crippen molar-refractivity contribution in [1.29, 1.82) is 0 Å². The highest BCUT2D eigenvalue weighted by molar-refractivity contribution is 5.92. The Balaban J connectivity index is 1.81. The van der Waals surface area contributed by atoms with E-state index >= 15 is 0 Å². The first-order valence-corrected chi connectivity index (χ1v) is 7.22. The molecule has 0 fully saturated rings. The minimum Gasteiger partial charge on any atom is -0.497 e. The van der Waals surface area contributed by atoms with Crippen molar-refractivity contribution in [3.63, 3.8) is 0 Å². The molecule has 0 aliphatic carbocycles. The monoisotopic (exact) mass is 313 g/mol. The van der Waals surface area contributed by atoms with Crippen LogP contribution in [0, 0.1) is 6.92 Å². The second-order valence-electron chi connectivity index (χ2n) is 5.02. The Morgan fingerprint density at radius 1 is 1.09 bits per heavy atom. The number of nitrogens with one attached hydrogen (secondary N) is 1. The first-order chi connectivity index (χ1) is 11.1. The quantitative estimate of drug-likeness (QED) is 0.832. The molecule has 0 radical (unpaired) electrons. The van der Waals surface area contributed by atoms with Gasteiger partial charge in [-0.3, -0.25) is 4.79 Å². The van der Waals surface area contributed by atoms with Crippen LogP contribution in [0.4, 0.5) is 0 Å². The summed E-state index contributed by atoms with van der Waals surface area (Å²) >= 11 is 0. The molecule has 0 atom stereocenters. The number of rotatable bonds is 6. The Bertz CT molecular complexity index is 697. The van der Waals surface area contributed by atoms with Crippen LogP contribution in [-0.4, -0.2) is 25.6 Å². The van der Waals surface area contributed by atoms with Crippen molar-refractivity contribution in [3.05, 3.63) is 65.2 Å². The van der Waals surface area contributed by atoms with Gasteiger partial charge in [0.25, 0.3) is 5.91 Å². The van der Waals surface area contributed by atoms with E-state index in [1.807, 2.05) is 43.3 Å². The molecule has 2 aromatic rings. The van der Waals surface area contributed by atoms with E-state index in [-0.39, 0.29) is 12.5 Å². The van der Waals surface area contributed by atoms with E-state index in [0.717, 1.165) is 16.9 Å². The van der Waals surface area contributed by atoms with E-state index < -0.39 is 5.97 Å². The predicted molar refractivity (Wildman–Crippen MR) is 86.3 cm³/mol. The molecule has 0 aromatic heterocycles. The summed E-state index contributed by atoms with van der Waals surface area (Å²) in [5, 5.41) is 2.70. The third kappa shape index (κ3) is 4.85. The summed E-state index contributed by atoms with van der Waals surface area (Å²) in [5.74, 6) is -0.128. The summed E-state index contributed by atoms with van der Waals surface area (Å²) < 4.78 is 10.1. The van der Waals surface area contributed by atoms with E-state index in [4.69, 9.17) is 9.47 Å². The molecule has 0 spiro atoms. The number of methoxy groups -OCH3 is 1. The standard InChI is InChI=1S/C18H19NO4/c1-13-6-3-4-9-16(13)18(21)23-12-17(20)19-11-14-7-5-8-15(10-14)22-2/h3-10H,11-12H2,1-2H3,(H,19,20). The largest absolute Gasteiger partial charge is 0.497 e. The Kier molecular flexibility index (Phi) is 5.74. The lowest BCUT2D eigenvalue weighted by molar-refractivity contribution is -0.124. The van der Waals surface area contributed by atoms with Crippen molar-refractivity contribution in [2.24, 2.45) is 0 Å². The highest BCUT2D eigenvalue weighted by atomic mass is 16.5. The number of carbonyl (C=O) groups excluding carboxylic acids is 2. The molecular weight excluding hydrogens is 294 g/mol. The normalized spacial score (nSPS) is 10.0. The van der Waals surface area contributed by atoms with E-state index in [2.05, 4.69) is 5.32 Å². The van der Waals surface area contributed by atoms with Crippen LogP contribution in [0.5, 0.6) is 5.75 Å². The van der Waals surface area contributed by atoms with Crippen LogP contribution in [0.2, 0.25) is 0 Å². The molecule has 2 aromatic carbocycles. The molecular formula is C18H19NO4. The van der Waals surface area contributed by atoms with Crippen LogP contribution < -0.4 is 10.1 Å². The van der Waals surface area contributed by atoms with Crippen molar-refractivity contribution in [1.82, 2.24) is 5.32 Å². The molecule has 0 saturated heterocycles. The summed E-state index contributed by atoms with van der Waals surface area (Å²) in [6, 6.07) is 14.5. The molecule has 0 heterocycles. The van der Waals surface area contributed by atoms with Gasteiger partial charge in [0.15, 0.2) is 6.61 Å². The fourth-order valence-corrected chi connectivity index (χ4v) is 2.04. The average molecular weight is 313 g/mol. The Hall–Kier alpha value is -2.82. The molecule has 5 heteroatoms. The fourth-order valence-electron chi connectivity index (χ4n) is 2.04. The van der Waals surface area contributed by atoms with Crippen LogP contribution >= 0.6 is 0 Å². The van der Waals surface area contributed by atoms with Gasteiger partial charge in [-0.05, 0) is 36.2 Å². The van der Waals surface area contributed by atoms with Gasteiger partial charge in [-0.15, -0.1) is 0 Å². The van der Waals surface area contributed by atoms with E-state index in [9.17, 15) is 9.59 Å². The van der Waals surface area contributed by atoms with Gasteiger partial charge >= 0.3 is 5.97 Å².